The zero-order valence-corrected chi connectivity index (χ0v) is 17.7. The van der Waals surface area contributed by atoms with Crippen molar-refractivity contribution >= 4 is 40.7 Å². The van der Waals surface area contributed by atoms with Crippen LogP contribution in [0.4, 0.5) is 5.69 Å². The molecule has 0 bridgehead atoms. The maximum atomic E-state index is 12.8. The molecule has 1 atom stereocenters. The van der Waals surface area contributed by atoms with E-state index in [1.807, 2.05) is 25.1 Å². The highest BCUT2D eigenvalue weighted by Gasteiger charge is 2.27. The van der Waals surface area contributed by atoms with E-state index in [0.29, 0.717) is 28.0 Å². The minimum Gasteiger partial charge on any atom is -0.346 e. The molecule has 0 unspecified atom stereocenters. The smallest absolute Gasteiger partial charge is 0.276 e. The van der Waals surface area contributed by atoms with E-state index in [4.69, 9.17) is 23.2 Å². The molecular weight excluding hydrogens is 421 g/mol. The van der Waals surface area contributed by atoms with Crippen molar-refractivity contribution in [3.63, 3.8) is 0 Å². The van der Waals surface area contributed by atoms with Gasteiger partial charge >= 0.3 is 0 Å². The average Bonchev–Trinajstić information content (AvgIpc) is 3.16. The van der Waals surface area contributed by atoms with E-state index < -0.39 is 0 Å². The zero-order valence-electron chi connectivity index (χ0n) is 16.2. The largest absolute Gasteiger partial charge is 0.346 e. The van der Waals surface area contributed by atoms with E-state index in [1.165, 1.54) is 0 Å². The molecule has 1 aromatic heterocycles. The molecule has 1 aliphatic heterocycles. The molecule has 7 heteroatoms. The van der Waals surface area contributed by atoms with Crippen molar-refractivity contribution < 1.29 is 9.59 Å². The summed E-state index contributed by atoms with van der Waals surface area (Å²) in [7, 11) is 0. The summed E-state index contributed by atoms with van der Waals surface area (Å²) < 4.78 is 0. The van der Waals surface area contributed by atoms with Gasteiger partial charge in [-0.1, -0.05) is 41.4 Å². The molecule has 1 N–H and O–H groups in total. The number of hydrogen-bond donors (Lipinski definition) is 1. The fourth-order valence-electron chi connectivity index (χ4n) is 3.53. The van der Waals surface area contributed by atoms with Gasteiger partial charge in [-0.15, -0.1) is 0 Å². The Hall–Kier alpha value is -2.89. The molecule has 1 aliphatic rings. The van der Waals surface area contributed by atoms with E-state index >= 15 is 0 Å². The number of anilines is 1. The fraction of sp³-hybridized carbons (Fsp3) is 0.174. The number of carbonyl (C=O) groups excluding carboxylic acids is 2. The summed E-state index contributed by atoms with van der Waals surface area (Å²) in [4.78, 5) is 31.2. The maximum absolute atomic E-state index is 12.8. The van der Waals surface area contributed by atoms with Gasteiger partial charge in [0.2, 0.25) is 0 Å². The second-order valence-corrected chi connectivity index (χ2v) is 7.97. The van der Waals surface area contributed by atoms with Crippen LogP contribution in [0.15, 0.2) is 60.7 Å². The molecule has 4 rings (SSSR count). The molecule has 3 aromatic rings. The minimum atomic E-state index is -0.183. The lowest BCUT2D eigenvalue weighted by molar-refractivity contribution is 0.0938. The Morgan fingerprint density at radius 2 is 1.83 bits per heavy atom. The van der Waals surface area contributed by atoms with Crippen LogP contribution < -0.4 is 10.2 Å². The summed E-state index contributed by atoms with van der Waals surface area (Å²) in [6.07, 6.45) is 0.743. The molecule has 0 aliphatic carbocycles. The molecule has 30 heavy (non-hydrogen) atoms. The Balaban J connectivity index is 1.50. The van der Waals surface area contributed by atoms with Gasteiger partial charge < -0.3 is 10.2 Å². The van der Waals surface area contributed by atoms with Crippen LogP contribution in [0.1, 0.15) is 44.9 Å². The van der Waals surface area contributed by atoms with Crippen LogP contribution in [0.5, 0.6) is 0 Å². The van der Waals surface area contributed by atoms with Crippen molar-refractivity contribution in [1.82, 2.24) is 10.3 Å². The normalized spacial score (nSPS) is 13.6. The average molecular weight is 440 g/mol. The molecule has 2 aromatic carbocycles. The Morgan fingerprint density at radius 1 is 1.07 bits per heavy atom. The van der Waals surface area contributed by atoms with Crippen molar-refractivity contribution in [3.05, 3.63) is 93.2 Å². The monoisotopic (exact) mass is 439 g/mol. The lowest BCUT2D eigenvalue weighted by Crippen LogP contribution is -2.29. The topological polar surface area (TPSA) is 62.3 Å². The molecule has 0 saturated heterocycles. The van der Waals surface area contributed by atoms with Gasteiger partial charge in [-0.25, -0.2) is 4.98 Å². The third-order valence-electron chi connectivity index (χ3n) is 5.13. The molecule has 0 fully saturated rings. The zero-order chi connectivity index (χ0) is 21.3. The quantitative estimate of drug-likeness (QED) is 0.576. The Bertz CT molecular complexity index is 1120. The third kappa shape index (κ3) is 4.18. The number of rotatable bonds is 4. The van der Waals surface area contributed by atoms with E-state index in [0.717, 1.165) is 23.2 Å². The highest BCUT2D eigenvalue weighted by atomic mass is 35.5. The van der Waals surface area contributed by atoms with Gasteiger partial charge in [0.15, 0.2) is 0 Å². The number of benzene rings is 2. The second-order valence-electron chi connectivity index (χ2n) is 7.14. The summed E-state index contributed by atoms with van der Waals surface area (Å²) in [5, 5.41) is 3.88. The Labute approximate surface area is 184 Å². The first-order valence-corrected chi connectivity index (χ1v) is 10.3. The molecule has 2 heterocycles. The summed E-state index contributed by atoms with van der Waals surface area (Å²) in [6, 6.07) is 17.5. The molecule has 0 saturated carbocycles. The van der Waals surface area contributed by atoms with Crippen molar-refractivity contribution in [2.45, 2.75) is 19.4 Å². The van der Waals surface area contributed by atoms with Gasteiger partial charge in [0.25, 0.3) is 11.8 Å². The number of amides is 2. The number of aromatic nitrogens is 1. The van der Waals surface area contributed by atoms with Crippen molar-refractivity contribution in [3.8, 4) is 0 Å². The van der Waals surface area contributed by atoms with E-state index in [2.05, 4.69) is 10.3 Å². The van der Waals surface area contributed by atoms with Gasteiger partial charge in [0.1, 0.15) is 10.8 Å². The SMILES string of the molecule is C[C@@H](NC(=O)c1ccc(Cl)cc1)c1ccc2c(c1)CCN2C(=O)c1cccc(Cl)n1. The first-order valence-electron chi connectivity index (χ1n) is 9.56. The van der Waals surface area contributed by atoms with Gasteiger partial charge in [0.05, 0.1) is 6.04 Å². The Morgan fingerprint density at radius 3 is 2.57 bits per heavy atom. The van der Waals surface area contributed by atoms with Crippen LogP contribution in [0.25, 0.3) is 0 Å². The van der Waals surface area contributed by atoms with Crippen molar-refractivity contribution in [1.29, 1.82) is 0 Å². The van der Waals surface area contributed by atoms with Crippen molar-refractivity contribution in [2.75, 3.05) is 11.4 Å². The number of carbonyl (C=O) groups is 2. The maximum Gasteiger partial charge on any atom is 0.276 e. The van der Waals surface area contributed by atoms with Gasteiger partial charge in [-0.05, 0) is 66.9 Å². The van der Waals surface area contributed by atoms with Crippen LogP contribution in [-0.4, -0.2) is 23.3 Å². The van der Waals surface area contributed by atoms with E-state index in [1.54, 1.807) is 47.4 Å². The minimum absolute atomic E-state index is 0.163. The lowest BCUT2D eigenvalue weighted by Gasteiger charge is -2.19. The predicted octanol–water partition coefficient (Wildman–Crippen LogP) is 5.08. The fourth-order valence-corrected chi connectivity index (χ4v) is 3.82. The molecular formula is C23H19Cl2N3O2. The first-order chi connectivity index (χ1) is 14.4. The van der Waals surface area contributed by atoms with Crippen LogP contribution in [0.3, 0.4) is 0 Å². The van der Waals surface area contributed by atoms with Gasteiger partial charge in [0, 0.05) is 22.8 Å². The molecule has 0 spiro atoms. The Kier molecular flexibility index (Phi) is 5.75. The van der Waals surface area contributed by atoms with E-state index in [9.17, 15) is 9.59 Å². The highest BCUT2D eigenvalue weighted by Crippen LogP contribution is 2.31. The van der Waals surface area contributed by atoms with Crippen molar-refractivity contribution in [2.24, 2.45) is 0 Å². The number of pyridine rings is 1. The lowest BCUT2D eigenvalue weighted by atomic mass is 10.0. The molecule has 152 valence electrons. The van der Waals surface area contributed by atoms with Crippen LogP contribution in [0.2, 0.25) is 10.2 Å². The van der Waals surface area contributed by atoms with Crippen LogP contribution in [0, 0.1) is 0 Å². The highest BCUT2D eigenvalue weighted by molar-refractivity contribution is 6.30. The summed E-state index contributed by atoms with van der Waals surface area (Å²) in [5.41, 5.74) is 3.78. The summed E-state index contributed by atoms with van der Waals surface area (Å²) >= 11 is 11.8. The predicted molar refractivity (Wildman–Crippen MR) is 118 cm³/mol. The summed E-state index contributed by atoms with van der Waals surface area (Å²) in [6.45, 7) is 2.51. The second kappa shape index (κ2) is 8.46. The number of nitrogens with zero attached hydrogens (tertiary/aromatic N) is 2. The summed E-state index contributed by atoms with van der Waals surface area (Å²) in [5.74, 6) is -0.336. The number of hydrogen-bond acceptors (Lipinski definition) is 3. The third-order valence-corrected chi connectivity index (χ3v) is 5.59. The first kappa shape index (κ1) is 20.4. The standard InChI is InChI=1S/C23H19Cl2N3O2/c1-14(26-22(29)15-5-8-18(24)9-6-15)16-7-10-20-17(13-16)11-12-28(20)23(30)19-3-2-4-21(25)27-19/h2-10,13-14H,11-12H2,1H3,(H,26,29)/t14-/m1/s1. The van der Waals surface area contributed by atoms with Gasteiger partial charge in [-0.2, -0.15) is 0 Å². The van der Waals surface area contributed by atoms with Gasteiger partial charge in [-0.3, -0.25) is 9.59 Å². The van der Waals surface area contributed by atoms with Crippen LogP contribution >= 0.6 is 23.2 Å². The number of nitrogens with one attached hydrogen (secondary N) is 1. The molecule has 0 radical (unpaired) electrons. The van der Waals surface area contributed by atoms with E-state index in [-0.39, 0.29) is 17.9 Å². The molecule has 2 amide bonds. The molecule has 5 nitrogen and oxygen atoms in total. The van der Waals surface area contributed by atoms with Crippen LogP contribution in [-0.2, 0) is 6.42 Å². The number of halogens is 2. The number of fused-ring (bicyclic) bond motifs is 1.